The number of nitrogens with one attached hydrogen (secondary N) is 1. The Morgan fingerprint density at radius 1 is 1.50 bits per heavy atom. The van der Waals surface area contributed by atoms with E-state index < -0.39 is 10.0 Å². The van der Waals surface area contributed by atoms with Gasteiger partial charge in [0.25, 0.3) is 0 Å². The van der Waals surface area contributed by atoms with E-state index in [1.54, 1.807) is 26.0 Å². The highest BCUT2D eigenvalue weighted by atomic mass is 35.5. The topological polar surface area (TPSA) is 72.2 Å². The van der Waals surface area contributed by atoms with Gasteiger partial charge in [-0.1, -0.05) is 17.7 Å². The Morgan fingerprint density at radius 3 is 2.69 bits per heavy atom. The van der Waals surface area contributed by atoms with Crippen LogP contribution in [0.4, 0.5) is 0 Å². The molecule has 0 heterocycles. The van der Waals surface area contributed by atoms with Gasteiger partial charge in [-0.15, -0.1) is 0 Å². The van der Waals surface area contributed by atoms with Gasteiger partial charge in [0.05, 0.1) is 4.90 Å². The second-order valence-electron chi connectivity index (χ2n) is 3.67. The molecular formula is C10H15ClN2O2S. The lowest BCUT2D eigenvalue weighted by molar-refractivity contribution is 0.562. The third kappa shape index (κ3) is 3.18. The molecule has 0 aliphatic carbocycles. The molecule has 1 atom stereocenters. The second-order valence-corrected chi connectivity index (χ2v) is 5.79. The molecule has 0 spiro atoms. The van der Waals surface area contributed by atoms with Crippen LogP contribution < -0.4 is 10.5 Å². The molecule has 1 rings (SSSR count). The molecule has 0 bridgehead atoms. The minimum atomic E-state index is -3.54. The Labute approximate surface area is 101 Å². The second kappa shape index (κ2) is 5.14. The average Bonchev–Trinajstić information content (AvgIpc) is 2.20. The minimum absolute atomic E-state index is 0.195. The zero-order valence-electron chi connectivity index (χ0n) is 9.20. The summed E-state index contributed by atoms with van der Waals surface area (Å²) >= 11 is 5.78. The fraction of sp³-hybridized carbons (Fsp3) is 0.400. The van der Waals surface area contributed by atoms with Crippen molar-refractivity contribution in [2.45, 2.75) is 24.8 Å². The summed E-state index contributed by atoms with van der Waals surface area (Å²) in [5.41, 5.74) is 6.03. The van der Waals surface area contributed by atoms with Gasteiger partial charge >= 0.3 is 0 Å². The fourth-order valence-corrected chi connectivity index (χ4v) is 3.00. The molecule has 90 valence electrons. The summed E-state index contributed by atoms with van der Waals surface area (Å²) in [5, 5.41) is 0.395. The van der Waals surface area contributed by atoms with Crippen molar-refractivity contribution in [3.8, 4) is 0 Å². The molecule has 16 heavy (non-hydrogen) atoms. The van der Waals surface area contributed by atoms with Crippen molar-refractivity contribution in [2.75, 3.05) is 6.54 Å². The molecule has 0 radical (unpaired) electrons. The lowest BCUT2D eigenvalue weighted by Crippen LogP contribution is -2.38. The molecule has 6 heteroatoms. The molecule has 0 aromatic heterocycles. The maximum Gasteiger partial charge on any atom is 0.241 e. The zero-order chi connectivity index (χ0) is 12.3. The summed E-state index contributed by atoms with van der Waals surface area (Å²) in [6, 6.07) is 4.46. The molecule has 0 amide bonds. The van der Waals surface area contributed by atoms with Gasteiger partial charge in [0.15, 0.2) is 0 Å². The summed E-state index contributed by atoms with van der Waals surface area (Å²) < 4.78 is 26.4. The number of aryl methyl sites for hydroxylation is 1. The summed E-state index contributed by atoms with van der Waals surface area (Å²) in [7, 11) is -3.54. The molecule has 0 unspecified atom stereocenters. The highest BCUT2D eigenvalue weighted by molar-refractivity contribution is 7.89. The number of sulfonamides is 1. The molecule has 4 nitrogen and oxygen atoms in total. The monoisotopic (exact) mass is 262 g/mol. The summed E-state index contributed by atoms with van der Waals surface area (Å²) in [4.78, 5) is 0.195. The van der Waals surface area contributed by atoms with Gasteiger partial charge in [0.2, 0.25) is 10.0 Å². The van der Waals surface area contributed by atoms with E-state index in [0.29, 0.717) is 10.6 Å². The van der Waals surface area contributed by atoms with Crippen molar-refractivity contribution in [2.24, 2.45) is 5.73 Å². The first kappa shape index (κ1) is 13.4. The molecule has 1 aromatic carbocycles. The van der Waals surface area contributed by atoms with Gasteiger partial charge < -0.3 is 5.73 Å². The van der Waals surface area contributed by atoms with Crippen LogP contribution in [0.2, 0.25) is 5.02 Å². The maximum absolute atomic E-state index is 11.9. The van der Waals surface area contributed by atoms with E-state index in [0.717, 1.165) is 0 Å². The van der Waals surface area contributed by atoms with Crippen molar-refractivity contribution in [3.05, 3.63) is 28.8 Å². The highest BCUT2D eigenvalue weighted by Gasteiger charge is 2.19. The molecule has 0 aliphatic rings. The van der Waals surface area contributed by atoms with Gasteiger partial charge in [0, 0.05) is 17.6 Å². The van der Waals surface area contributed by atoms with Crippen molar-refractivity contribution in [1.82, 2.24) is 4.72 Å². The third-order valence-electron chi connectivity index (χ3n) is 2.15. The van der Waals surface area contributed by atoms with Crippen LogP contribution in [-0.4, -0.2) is 21.0 Å². The van der Waals surface area contributed by atoms with Gasteiger partial charge in [-0.05, 0) is 31.5 Å². The fourth-order valence-electron chi connectivity index (χ4n) is 1.24. The Kier molecular flexibility index (Phi) is 4.32. The van der Waals surface area contributed by atoms with Gasteiger partial charge in [-0.25, -0.2) is 13.1 Å². The van der Waals surface area contributed by atoms with Gasteiger partial charge in [0.1, 0.15) is 0 Å². The normalized spacial score (nSPS) is 13.8. The van der Waals surface area contributed by atoms with E-state index in [1.165, 1.54) is 6.07 Å². The van der Waals surface area contributed by atoms with Crippen molar-refractivity contribution >= 4 is 21.6 Å². The minimum Gasteiger partial charge on any atom is -0.329 e. The molecular weight excluding hydrogens is 248 g/mol. The molecule has 0 saturated heterocycles. The van der Waals surface area contributed by atoms with E-state index in [9.17, 15) is 8.42 Å². The summed E-state index contributed by atoms with van der Waals surface area (Å²) in [5.74, 6) is 0. The van der Waals surface area contributed by atoms with Crippen LogP contribution in [0.15, 0.2) is 23.1 Å². The number of hydrogen-bond acceptors (Lipinski definition) is 3. The smallest absolute Gasteiger partial charge is 0.241 e. The largest absolute Gasteiger partial charge is 0.329 e. The van der Waals surface area contributed by atoms with Crippen LogP contribution in [0, 0.1) is 6.92 Å². The van der Waals surface area contributed by atoms with Gasteiger partial charge in [-0.3, -0.25) is 0 Å². The quantitative estimate of drug-likeness (QED) is 0.858. The number of benzene rings is 1. The number of rotatable bonds is 4. The molecule has 0 aliphatic heterocycles. The van der Waals surface area contributed by atoms with E-state index >= 15 is 0 Å². The Morgan fingerprint density at radius 2 is 2.12 bits per heavy atom. The van der Waals surface area contributed by atoms with Crippen LogP contribution >= 0.6 is 11.6 Å². The SMILES string of the molecule is Cc1ccc(Cl)cc1S(=O)(=O)N[C@@H](C)CN. The van der Waals surface area contributed by atoms with E-state index in [4.69, 9.17) is 17.3 Å². The van der Waals surface area contributed by atoms with E-state index in [1.807, 2.05) is 0 Å². The lowest BCUT2D eigenvalue weighted by atomic mass is 10.2. The van der Waals surface area contributed by atoms with Crippen LogP contribution in [-0.2, 0) is 10.0 Å². The molecule has 0 saturated carbocycles. The van der Waals surface area contributed by atoms with Crippen LogP contribution in [0.1, 0.15) is 12.5 Å². The molecule has 0 fully saturated rings. The van der Waals surface area contributed by atoms with E-state index in [-0.39, 0.29) is 17.5 Å². The van der Waals surface area contributed by atoms with Crippen molar-refractivity contribution in [3.63, 3.8) is 0 Å². The first-order chi connectivity index (χ1) is 7.36. The predicted molar refractivity (Wildman–Crippen MR) is 65.0 cm³/mol. The summed E-state index contributed by atoms with van der Waals surface area (Å²) in [6.45, 7) is 3.67. The van der Waals surface area contributed by atoms with Crippen LogP contribution in [0.25, 0.3) is 0 Å². The molecule has 1 aromatic rings. The van der Waals surface area contributed by atoms with Crippen molar-refractivity contribution < 1.29 is 8.42 Å². The summed E-state index contributed by atoms with van der Waals surface area (Å²) in [6.07, 6.45) is 0. The first-order valence-electron chi connectivity index (χ1n) is 4.85. The van der Waals surface area contributed by atoms with Crippen molar-refractivity contribution in [1.29, 1.82) is 0 Å². The Balaban J connectivity index is 3.12. The van der Waals surface area contributed by atoms with E-state index in [2.05, 4.69) is 4.72 Å². The Hall–Kier alpha value is -0.620. The van der Waals surface area contributed by atoms with Crippen LogP contribution in [0.5, 0.6) is 0 Å². The standard InChI is InChI=1S/C10H15ClN2O2S/c1-7-3-4-9(11)5-10(7)16(14,15)13-8(2)6-12/h3-5,8,13H,6,12H2,1-2H3/t8-/m0/s1. The average molecular weight is 263 g/mol. The molecule has 3 N–H and O–H groups in total. The number of nitrogens with two attached hydrogens (primary N) is 1. The zero-order valence-corrected chi connectivity index (χ0v) is 10.8. The third-order valence-corrected chi connectivity index (χ3v) is 4.12. The number of hydrogen-bond donors (Lipinski definition) is 2. The maximum atomic E-state index is 11.9. The predicted octanol–water partition coefficient (Wildman–Crippen LogP) is 1.27. The number of halogens is 1. The van der Waals surface area contributed by atoms with Gasteiger partial charge in [-0.2, -0.15) is 0 Å². The van der Waals surface area contributed by atoms with Crippen LogP contribution in [0.3, 0.4) is 0 Å². The highest BCUT2D eigenvalue weighted by Crippen LogP contribution is 2.20. The Bertz CT molecular complexity index is 474. The first-order valence-corrected chi connectivity index (χ1v) is 6.71. The lowest BCUT2D eigenvalue weighted by Gasteiger charge is -2.13.